The minimum Gasteiger partial charge on any atom is -0.484 e. The Balaban J connectivity index is 1.38. The van der Waals surface area contributed by atoms with Crippen molar-refractivity contribution in [1.29, 1.82) is 0 Å². The normalized spacial score (nSPS) is 14.8. The molecule has 2 heterocycles. The molecule has 9 heteroatoms. The highest BCUT2D eigenvalue weighted by atomic mass is 16.5. The van der Waals surface area contributed by atoms with Crippen molar-refractivity contribution in [3.63, 3.8) is 0 Å². The van der Waals surface area contributed by atoms with E-state index in [1.165, 1.54) is 12.3 Å². The second-order valence-electron chi connectivity index (χ2n) is 7.56. The van der Waals surface area contributed by atoms with Gasteiger partial charge in [-0.15, -0.1) is 0 Å². The number of urea groups is 1. The molecule has 0 bridgehead atoms. The summed E-state index contributed by atoms with van der Waals surface area (Å²) in [6, 6.07) is 16.4. The van der Waals surface area contributed by atoms with Crippen LogP contribution >= 0.6 is 0 Å². The van der Waals surface area contributed by atoms with Crippen molar-refractivity contribution in [2.24, 2.45) is 0 Å². The zero-order valence-electron chi connectivity index (χ0n) is 18.2. The van der Waals surface area contributed by atoms with Gasteiger partial charge in [-0.3, -0.25) is 24.6 Å². The fourth-order valence-electron chi connectivity index (χ4n) is 3.21. The summed E-state index contributed by atoms with van der Waals surface area (Å²) in [5.74, 6) is -0.960. The molecule has 0 atom stereocenters. The van der Waals surface area contributed by atoms with Gasteiger partial charge in [-0.2, -0.15) is 0 Å². The van der Waals surface area contributed by atoms with Crippen LogP contribution in [0.1, 0.15) is 16.9 Å². The molecular weight excluding hydrogens is 438 g/mol. The SMILES string of the molecule is Cc1ccc(NC(=O)COc2ccc(C=C3C(=O)NC(=O)N(Cc4ccco4)C3=O)cc2)cc1. The van der Waals surface area contributed by atoms with E-state index in [1.54, 1.807) is 36.4 Å². The molecule has 1 fully saturated rings. The number of rotatable bonds is 7. The molecule has 0 radical (unpaired) electrons. The molecule has 1 aliphatic rings. The summed E-state index contributed by atoms with van der Waals surface area (Å²) in [5, 5.41) is 4.90. The summed E-state index contributed by atoms with van der Waals surface area (Å²) in [6.07, 6.45) is 2.81. The maximum Gasteiger partial charge on any atom is 0.331 e. The lowest BCUT2D eigenvalue weighted by Crippen LogP contribution is -2.53. The van der Waals surface area contributed by atoms with Crippen molar-refractivity contribution >= 4 is 35.5 Å². The van der Waals surface area contributed by atoms with Gasteiger partial charge in [0.1, 0.15) is 17.1 Å². The molecule has 9 nitrogen and oxygen atoms in total. The van der Waals surface area contributed by atoms with Gasteiger partial charge in [0.2, 0.25) is 0 Å². The minimum atomic E-state index is -0.809. The van der Waals surface area contributed by atoms with Gasteiger partial charge in [0.25, 0.3) is 17.7 Å². The van der Waals surface area contributed by atoms with Crippen LogP contribution in [-0.2, 0) is 20.9 Å². The van der Waals surface area contributed by atoms with E-state index in [1.807, 2.05) is 31.2 Å². The van der Waals surface area contributed by atoms with Gasteiger partial charge in [-0.05, 0) is 55.0 Å². The number of hydrogen-bond donors (Lipinski definition) is 2. The van der Waals surface area contributed by atoms with E-state index < -0.39 is 17.8 Å². The fourth-order valence-corrected chi connectivity index (χ4v) is 3.21. The average molecular weight is 459 g/mol. The molecule has 0 saturated carbocycles. The van der Waals surface area contributed by atoms with Crippen LogP contribution in [0.4, 0.5) is 10.5 Å². The molecule has 0 spiro atoms. The minimum absolute atomic E-state index is 0.0975. The van der Waals surface area contributed by atoms with E-state index >= 15 is 0 Å². The van der Waals surface area contributed by atoms with Crippen LogP contribution in [0.5, 0.6) is 5.75 Å². The lowest BCUT2D eigenvalue weighted by atomic mass is 10.1. The Morgan fingerprint density at radius 3 is 2.47 bits per heavy atom. The number of nitrogens with zero attached hydrogens (tertiary/aromatic N) is 1. The fraction of sp³-hybridized carbons (Fsp3) is 0.120. The molecule has 172 valence electrons. The molecule has 34 heavy (non-hydrogen) atoms. The maximum atomic E-state index is 12.8. The van der Waals surface area contributed by atoms with Crippen molar-refractivity contribution in [3.8, 4) is 5.75 Å². The Labute approximate surface area is 195 Å². The molecular formula is C25H21N3O6. The largest absolute Gasteiger partial charge is 0.484 e. The number of barbiturate groups is 1. The number of carbonyl (C=O) groups excluding carboxylic acids is 4. The third kappa shape index (κ3) is 5.39. The molecule has 0 aliphatic carbocycles. The van der Waals surface area contributed by atoms with Crippen LogP contribution in [0.15, 0.2) is 76.9 Å². The van der Waals surface area contributed by atoms with Crippen LogP contribution in [0.3, 0.4) is 0 Å². The zero-order chi connectivity index (χ0) is 24.1. The predicted molar refractivity (Wildman–Crippen MR) is 123 cm³/mol. The van der Waals surface area contributed by atoms with Crippen LogP contribution in [-0.4, -0.2) is 35.3 Å². The van der Waals surface area contributed by atoms with Gasteiger partial charge >= 0.3 is 6.03 Å². The lowest BCUT2D eigenvalue weighted by molar-refractivity contribution is -0.130. The molecule has 5 amide bonds. The summed E-state index contributed by atoms with van der Waals surface area (Å²) in [7, 11) is 0. The highest BCUT2D eigenvalue weighted by Crippen LogP contribution is 2.19. The first-order chi connectivity index (χ1) is 16.4. The van der Waals surface area contributed by atoms with Gasteiger partial charge in [0.15, 0.2) is 6.61 Å². The van der Waals surface area contributed by atoms with Gasteiger partial charge in [-0.1, -0.05) is 29.8 Å². The molecule has 4 rings (SSSR count). The number of hydrogen-bond acceptors (Lipinski definition) is 6. The molecule has 1 aromatic heterocycles. The summed E-state index contributed by atoms with van der Waals surface area (Å²) >= 11 is 0. The number of imide groups is 2. The molecule has 1 saturated heterocycles. The van der Waals surface area contributed by atoms with Crippen molar-refractivity contribution in [2.75, 3.05) is 11.9 Å². The Hall–Kier alpha value is -4.66. The van der Waals surface area contributed by atoms with Crippen molar-refractivity contribution in [2.45, 2.75) is 13.5 Å². The number of anilines is 1. The first kappa shape index (κ1) is 22.5. The number of aryl methyl sites for hydroxylation is 1. The van der Waals surface area contributed by atoms with Gasteiger partial charge < -0.3 is 14.5 Å². The molecule has 2 aromatic carbocycles. The first-order valence-corrected chi connectivity index (χ1v) is 10.4. The number of furan rings is 1. The van der Waals surface area contributed by atoms with E-state index in [0.29, 0.717) is 22.8 Å². The number of nitrogens with one attached hydrogen (secondary N) is 2. The molecule has 3 aromatic rings. The van der Waals surface area contributed by atoms with E-state index in [9.17, 15) is 19.2 Å². The number of ether oxygens (including phenoxy) is 1. The quantitative estimate of drug-likeness (QED) is 0.414. The van der Waals surface area contributed by atoms with E-state index in [0.717, 1.165) is 10.5 Å². The van der Waals surface area contributed by atoms with Gasteiger partial charge in [0, 0.05) is 5.69 Å². The third-order valence-electron chi connectivity index (χ3n) is 4.98. The first-order valence-electron chi connectivity index (χ1n) is 10.4. The Bertz CT molecular complexity index is 1240. The second kappa shape index (κ2) is 9.86. The van der Waals surface area contributed by atoms with Crippen molar-refractivity contribution < 1.29 is 28.3 Å². The third-order valence-corrected chi connectivity index (χ3v) is 4.98. The standard InChI is InChI=1S/C25H21N3O6/c1-16-4-8-18(9-5-16)26-22(29)15-34-19-10-6-17(7-11-19)13-21-23(30)27-25(32)28(24(21)31)14-20-3-2-12-33-20/h2-13H,14-15H2,1H3,(H,26,29)(H,27,30,32). The Morgan fingerprint density at radius 1 is 1.06 bits per heavy atom. The van der Waals surface area contributed by atoms with Crippen LogP contribution < -0.4 is 15.4 Å². The number of amides is 5. The van der Waals surface area contributed by atoms with Gasteiger partial charge in [-0.25, -0.2) is 4.79 Å². The molecule has 2 N–H and O–H groups in total. The summed E-state index contributed by atoms with van der Waals surface area (Å²) in [4.78, 5) is 50.1. The number of carbonyl (C=O) groups is 4. The highest BCUT2D eigenvalue weighted by Gasteiger charge is 2.36. The van der Waals surface area contributed by atoms with Crippen LogP contribution in [0.2, 0.25) is 0 Å². The Kier molecular flexibility index (Phi) is 6.54. The van der Waals surface area contributed by atoms with Crippen LogP contribution in [0.25, 0.3) is 6.08 Å². The topological polar surface area (TPSA) is 118 Å². The predicted octanol–water partition coefficient (Wildman–Crippen LogP) is 3.27. The Morgan fingerprint density at radius 2 is 1.79 bits per heavy atom. The zero-order valence-corrected chi connectivity index (χ0v) is 18.2. The lowest BCUT2D eigenvalue weighted by Gasteiger charge is -2.25. The van der Waals surface area contributed by atoms with Crippen molar-refractivity contribution in [1.82, 2.24) is 10.2 Å². The molecule has 0 unspecified atom stereocenters. The number of benzene rings is 2. The average Bonchev–Trinajstić information content (AvgIpc) is 3.34. The monoisotopic (exact) mass is 459 g/mol. The smallest absolute Gasteiger partial charge is 0.331 e. The van der Waals surface area contributed by atoms with Crippen molar-refractivity contribution in [3.05, 3.63) is 89.4 Å². The summed E-state index contributed by atoms with van der Waals surface area (Å²) < 4.78 is 10.7. The summed E-state index contributed by atoms with van der Waals surface area (Å²) in [6.45, 7) is 1.68. The van der Waals surface area contributed by atoms with E-state index in [-0.39, 0.29) is 24.6 Å². The van der Waals surface area contributed by atoms with E-state index in [4.69, 9.17) is 9.15 Å². The van der Waals surface area contributed by atoms with Crippen LogP contribution in [0, 0.1) is 6.92 Å². The summed E-state index contributed by atoms with van der Waals surface area (Å²) in [5.41, 5.74) is 2.13. The second-order valence-corrected chi connectivity index (χ2v) is 7.56. The highest BCUT2D eigenvalue weighted by molar-refractivity contribution is 6.30. The van der Waals surface area contributed by atoms with Gasteiger partial charge in [0.05, 0.1) is 12.8 Å². The maximum absolute atomic E-state index is 12.8. The van der Waals surface area contributed by atoms with E-state index in [2.05, 4.69) is 10.6 Å². The molecule has 1 aliphatic heterocycles.